The van der Waals surface area contributed by atoms with E-state index in [1.54, 1.807) is 0 Å². The van der Waals surface area contributed by atoms with Crippen molar-refractivity contribution in [3.05, 3.63) is 65.0 Å². The van der Waals surface area contributed by atoms with Gasteiger partial charge in [-0.2, -0.15) is 4.98 Å². The van der Waals surface area contributed by atoms with Gasteiger partial charge in [-0.1, -0.05) is 41.0 Å². The smallest absolute Gasteiger partial charge is 0.242 e. The van der Waals surface area contributed by atoms with Crippen LogP contribution in [0.3, 0.4) is 0 Å². The minimum Gasteiger partial charge on any atom is -0.338 e. The Balaban J connectivity index is 1.87. The molecule has 0 spiro atoms. The van der Waals surface area contributed by atoms with Gasteiger partial charge < -0.3 is 4.52 Å². The molecule has 0 aliphatic rings. The highest BCUT2D eigenvalue weighted by Crippen LogP contribution is 2.22. The molecule has 0 amide bonds. The normalized spacial score (nSPS) is 11.6. The zero-order valence-corrected chi connectivity index (χ0v) is 13.8. The van der Waals surface area contributed by atoms with Crippen LogP contribution in [0.25, 0.3) is 11.4 Å². The quantitative estimate of drug-likeness (QED) is 0.719. The van der Waals surface area contributed by atoms with Gasteiger partial charge in [-0.25, -0.2) is 8.42 Å². The number of sulfone groups is 1. The molecule has 0 aliphatic heterocycles. The van der Waals surface area contributed by atoms with Crippen molar-refractivity contribution < 1.29 is 12.9 Å². The summed E-state index contributed by atoms with van der Waals surface area (Å²) in [6.45, 7) is 1.93. The second-order valence-electron chi connectivity index (χ2n) is 5.04. The Morgan fingerprint density at radius 3 is 2.48 bits per heavy atom. The Bertz CT molecular complexity index is 934. The van der Waals surface area contributed by atoms with E-state index < -0.39 is 9.84 Å². The standard InChI is InChI=1S/C16H13ClN2O3S/c1-11-4-2-3-5-14(11)16-18-15(22-19-16)10-23(20,21)13-8-6-12(17)7-9-13/h2-9H,10H2,1H3. The van der Waals surface area contributed by atoms with Crippen molar-refractivity contribution in [2.24, 2.45) is 0 Å². The lowest BCUT2D eigenvalue weighted by atomic mass is 10.1. The van der Waals surface area contributed by atoms with Gasteiger partial charge >= 0.3 is 0 Å². The van der Waals surface area contributed by atoms with Gasteiger partial charge in [0, 0.05) is 10.6 Å². The predicted molar refractivity (Wildman–Crippen MR) is 86.8 cm³/mol. The third-order valence-corrected chi connectivity index (χ3v) is 5.21. The molecule has 0 radical (unpaired) electrons. The van der Waals surface area contributed by atoms with Crippen LogP contribution in [0.4, 0.5) is 0 Å². The molecule has 0 aliphatic carbocycles. The highest BCUT2D eigenvalue weighted by Gasteiger charge is 2.20. The second-order valence-corrected chi connectivity index (χ2v) is 7.47. The summed E-state index contributed by atoms with van der Waals surface area (Å²) in [5.41, 5.74) is 1.80. The molecule has 0 atom stereocenters. The largest absolute Gasteiger partial charge is 0.338 e. The van der Waals surface area contributed by atoms with Gasteiger partial charge in [-0.05, 0) is 36.8 Å². The lowest BCUT2D eigenvalue weighted by molar-refractivity contribution is 0.389. The fraction of sp³-hybridized carbons (Fsp3) is 0.125. The minimum absolute atomic E-state index is 0.0539. The molecule has 0 N–H and O–H groups in total. The van der Waals surface area contributed by atoms with Crippen molar-refractivity contribution in [3.63, 3.8) is 0 Å². The third kappa shape index (κ3) is 3.43. The Morgan fingerprint density at radius 1 is 1.09 bits per heavy atom. The van der Waals surface area contributed by atoms with E-state index in [1.807, 2.05) is 31.2 Å². The van der Waals surface area contributed by atoms with Gasteiger partial charge in [-0.3, -0.25) is 0 Å². The van der Waals surface area contributed by atoms with Crippen molar-refractivity contribution in [2.45, 2.75) is 17.6 Å². The Hall–Kier alpha value is -2.18. The molecule has 1 heterocycles. The summed E-state index contributed by atoms with van der Waals surface area (Å²) in [6, 6.07) is 13.5. The van der Waals surface area contributed by atoms with E-state index in [0.717, 1.165) is 11.1 Å². The lowest BCUT2D eigenvalue weighted by Gasteiger charge is -2.01. The summed E-state index contributed by atoms with van der Waals surface area (Å²) < 4.78 is 29.8. The van der Waals surface area contributed by atoms with Crippen LogP contribution < -0.4 is 0 Å². The van der Waals surface area contributed by atoms with Crippen LogP contribution in [0.2, 0.25) is 5.02 Å². The summed E-state index contributed by atoms with van der Waals surface area (Å²) >= 11 is 5.77. The van der Waals surface area contributed by atoms with Crippen molar-refractivity contribution >= 4 is 21.4 Å². The van der Waals surface area contributed by atoms with E-state index in [0.29, 0.717) is 10.8 Å². The first-order valence-electron chi connectivity index (χ1n) is 6.82. The minimum atomic E-state index is -3.56. The maximum absolute atomic E-state index is 12.4. The first-order chi connectivity index (χ1) is 11.0. The van der Waals surface area contributed by atoms with E-state index in [1.165, 1.54) is 24.3 Å². The lowest BCUT2D eigenvalue weighted by Crippen LogP contribution is -2.05. The molecule has 0 saturated carbocycles. The third-order valence-electron chi connectivity index (χ3n) is 3.34. The van der Waals surface area contributed by atoms with Crippen LogP contribution in [0.15, 0.2) is 57.9 Å². The van der Waals surface area contributed by atoms with E-state index >= 15 is 0 Å². The van der Waals surface area contributed by atoms with Crippen molar-refractivity contribution in [1.82, 2.24) is 10.1 Å². The SMILES string of the molecule is Cc1ccccc1-c1noc(CS(=O)(=O)c2ccc(Cl)cc2)n1. The van der Waals surface area contributed by atoms with E-state index in [2.05, 4.69) is 10.1 Å². The highest BCUT2D eigenvalue weighted by atomic mass is 35.5. The fourth-order valence-electron chi connectivity index (χ4n) is 2.13. The zero-order valence-electron chi connectivity index (χ0n) is 12.2. The van der Waals surface area contributed by atoms with E-state index in [9.17, 15) is 8.42 Å². The molecule has 0 bridgehead atoms. The number of aryl methyl sites for hydroxylation is 1. The van der Waals surface area contributed by atoms with Crippen LogP contribution in [0, 0.1) is 6.92 Å². The maximum Gasteiger partial charge on any atom is 0.242 e. The maximum atomic E-state index is 12.4. The Morgan fingerprint density at radius 2 is 1.78 bits per heavy atom. The topological polar surface area (TPSA) is 73.1 Å². The monoisotopic (exact) mass is 348 g/mol. The van der Waals surface area contributed by atoms with Crippen molar-refractivity contribution in [2.75, 3.05) is 0 Å². The average molecular weight is 349 g/mol. The van der Waals surface area contributed by atoms with Gasteiger partial charge in [0.05, 0.1) is 4.90 Å². The van der Waals surface area contributed by atoms with E-state index in [-0.39, 0.29) is 16.5 Å². The zero-order chi connectivity index (χ0) is 16.4. The van der Waals surface area contributed by atoms with Crippen LogP contribution in [-0.2, 0) is 15.6 Å². The molecule has 1 aromatic heterocycles. The molecule has 118 valence electrons. The first-order valence-corrected chi connectivity index (χ1v) is 8.86. The number of hydrogen-bond acceptors (Lipinski definition) is 5. The molecule has 0 unspecified atom stereocenters. The first kappa shape index (κ1) is 15.7. The van der Waals surface area contributed by atoms with Crippen molar-refractivity contribution in [1.29, 1.82) is 0 Å². The average Bonchev–Trinajstić information content (AvgIpc) is 2.95. The number of nitrogens with zero attached hydrogens (tertiary/aromatic N) is 2. The Labute approximate surface area is 138 Å². The Kier molecular flexibility index (Phi) is 4.19. The number of halogens is 1. The number of aromatic nitrogens is 2. The molecular weight excluding hydrogens is 336 g/mol. The summed E-state index contributed by atoms with van der Waals surface area (Å²) in [6.07, 6.45) is 0. The van der Waals surface area contributed by atoms with Gasteiger partial charge in [0.2, 0.25) is 11.7 Å². The van der Waals surface area contributed by atoms with Crippen LogP contribution in [0.1, 0.15) is 11.5 Å². The number of hydrogen-bond donors (Lipinski definition) is 0. The van der Waals surface area contributed by atoms with Crippen LogP contribution in [-0.4, -0.2) is 18.6 Å². The molecule has 3 aromatic rings. The predicted octanol–water partition coefficient (Wildman–Crippen LogP) is 3.67. The van der Waals surface area contributed by atoms with Crippen molar-refractivity contribution in [3.8, 4) is 11.4 Å². The number of rotatable bonds is 4. The van der Waals surface area contributed by atoms with Gasteiger partial charge in [-0.15, -0.1) is 0 Å². The molecule has 3 rings (SSSR count). The molecule has 2 aromatic carbocycles. The molecule has 23 heavy (non-hydrogen) atoms. The fourth-order valence-corrected chi connectivity index (χ4v) is 3.42. The molecule has 7 heteroatoms. The summed E-state index contributed by atoms with van der Waals surface area (Å²) in [5, 5.41) is 4.34. The summed E-state index contributed by atoms with van der Waals surface area (Å²) in [5.74, 6) is 0.0793. The van der Waals surface area contributed by atoms with E-state index in [4.69, 9.17) is 16.1 Å². The van der Waals surface area contributed by atoms with Gasteiger partial charge in [0.15, 0.2) is 9.84 Å². The van der Waals surface area contributed by atoms with Gasteiger partial charge in [0.25, 0.3) is 0 Å². The highest BCUT2D eigenvalue weighted by molar-refractivity contribution is 7.90. The van der Waals surface area contributed by atoms with Crippen LogP contribution in [0.5, 0.6) is 0 Å². The van der Waals surface area contributed by atoms with Gasteiger partial charge in [0.1, 0.15) is 5.75 Å². The molecular formula is C16H13ClN2O3S. The van der Waals surface area contributed by atoms with Crippen LogP contribution >= 0.6 is 11.6 Å². The number of benzene rings is 2. The summed E-state index contributed by atoms with van der Waals surface area (Å²) in [4.78, 5) is 4.35. The molecule has 0 saturated heterocycles. The second kappa shape index (κ2) is 6.14. The molecule has 0 fully saturated rings. The molecule has 5 nitrogen and oxygen atoms in total. The summed E-state index contributed by atoms with van der Waals surface area (Å²) in [7, 11) is -3.56.